The zero-order valence-electron chi connectivity index (χ0n) is 9.39. The van der Waals surface area contributed by atoms with E-state index in [0.29, 0.717) is 12.1 Å². The van der Waals surface area contributed by atoms with Crippen LogP contribution in [0.25, 0.3) is 0 Å². The predicted octanol–water partition coefficient (Wildman–Crippen LogP) is 2.02. The van der Waals surface area contributed by atoms with Crippen molar-refractivity contribution >= 4 is 11.3 Å². The number of nitrogens with two attached hydrogens (primary N) is 1. The lowest BCUT2D eigenvalue weighted by Gasteiger charge is -2.41. The van der Waals surface area contributed by atoms with E-state index >= 15 is 0 Å². The molecular formula is C11H19N3S. The van der Waals surface area contributed by atoms with Crippen LogP contribution in [0.4, 0.5) is 0 Å². The van der Waals surface area contributed by atoms with Crippen molar-refractivity contribution in [2.75, 3.05) is 6.54 Å². The van der Waals surface area contributed by atoms with Crippen LogP contribution in [0.3, 0.4) is 0 Å². The van der Waals surface area contributed by atoms with Gasteiger partial charge in [0.1, 0.15) is 0 Å². The normalized spacial score (nSPS) is 28.5. The maximum atomic E-state index is 6.22. The first-order valence-corrected chi connectivity index (χ1v) is 6.54. The summed E-state index contributed by atoms with van der Waals surface area (Å²) in [4.78, 5) is 6.90. The molecular weight excluding hydrogens is 206 g/mol. The van der Waals surface area contributed by atoms with Crippen molar-refractivity contribution < 1.29 is 0 Å². The number of aromatic nitrogens is 1. The second kappa shape index (κ2) is 4.60. The van der Waals surface area contributed by atoms with Crippen molar-refractivity contribution in [2.24, 2.45) is 5.73 Å². The van der Waals surface area contributed by atoms with Gasteiger partial charge in [-0.3, -0.25) is 4.90 Å². The van der Waals surface area contributed by atoms with Crippen LogP contribution in [0.15, 0.2) is 10.9 Å². The molecule has 2 heterocycles. The minimum absolute atomic E-state index is 0.239. The quantitative estimate of drug-likeness (QED) is 0.837. The lowest BCUT2D eigenvalue weighted by Crippen LogP contribution is -2.48. The largest absolute Gasteiger partial charge is 0.326 e. The van der Waals surface area contributed by atoms with Crippen molar-refractivity contribution in [3.05, 3.63) is 16.6 Å². The molecule has 2 rings (SSSR count). The Bertz CT molecular complexity index is 297. The third-order valence-corrected chi connectivity index (χ3v) is 3.74. The van der Waals surface area contributed by atoms with Crippen LogP contribution >= 0.6 is 11.3 Å². The topological polar surface area (TPSA) is 42.1 Å². The Kier molecular flexibility index (Phi) is 3.38. The SMILES string of the molecule is CC(C)N1CCCC(N)C1c1cscn1. The molecule has 1 aliphatic rings. The van der Waals surface area contributed by atoms with Crippen LogP contribution in [-0.2, 0) is 0 Å². The fourth-order valence-corrected chi connectivity index (χ4v) is 2.97. The number of thiazole rings is 1. The number of hydrogen-bond donors (Lipinski definition) is 1. The van der Waals surface area contributed by atoms with Gasteiger partial charge in [-0.05, 0) is 33.2 Å². The van der Waals surface area contributed by atoms with Crippen molar-refractivity contribution in [2.45, 2.75) is 44.8 Å². The Labute approximate surface area is 95.3 Å². The fourth-order valence-electron chi connectivity index (χ4n) is 2.39. The molecule has 1 fully saturated rings. The first-order valence-electron chi connectivity index (χ1n) is 5.59. The van der Waals surface area contributed by atoms with Gasteiger partial charge in [0, 0.05) is 17.5 Å². The fraction of sp³-hybridized carbons (Fsp3) is 0.727. The van der Waals surface area contributed by atoms with E-state index in [2.05, 4.69) is 29.1 Å². The Morgan fingerprint density at radius 1 is 1.60 bits per heavy atom. The molecule has 0 amide bonds. The number of nitrogens with zero attached hydrogens (tertiary/aromatic N) is 2. The summed E-state index contributed by atoms with van der Waals surface area (Å²) < 4.78 is 0. The Morgan fingerprint density at radius 3 is 3.00 bits per heavy atom. The van der Waals surface area contributed by atoms with Gasteiger partial charge in [0.25, 0.3) is 0 Å². The lowest BCUT2D eigenvalue weighted by molar-refractivity contribution is 0.0923. The molecule has 84 valence electrons. The lowest BCUT2D eigenvalue weighted by atomic mass is 9.93. The predicted molar refractivity (Wildman–Crippen MR) is 63.9 cm³/mol. The van der Waals surface area contributed by atoms with Crippen molar-refractivity contribution in [1.82, 2.24) is 9.88 Å². The summed E-state index contributed by atoms with van der Waals surface area (Å²) in [5.74, 6) is 0. The van der Waals surface area contributed by atoms with Gasteiger partial charge < -0.3 is 5.73 Å². The number of rotatable bonds is 2. The van der Waals surface area contributed by atoms with E-state index < -0.39 is 0 Å². The Hall–Kier alpha value is -0.450. The molecule has 3 nitrogen and oxygen atoms in total. The van der Waals surface area contributed by atoms with Crippen molar-refractivity contribution in [3.8, 4) is 0 Å². The Balaban J connectivity index is 2.23. The minimum Gasteiger partial charge on any atom is -0.326 e. The molecule has 2 atom stereocenters. The molecule has 0 bridgehead atoms. The second-order valence-corrected chi connectivity index (χ2v) is 5.21. The maximum absolute atomic E-state index is 6.22. The molecule has 1 aliphatic heterocycles. The third-order valence-electron chi connectivity index (χ3n) is 3.13. The summed E-state index contributed by atoms with van der Waals surface area (Å²) in [6.07, 6.45) is 2.32. The monoisotopic (exact) mass is 225 g/mol. The summed E-state index contributed by atoms with van der Waals surface area (Å²) in [6.45, 7) is 5.61. The summed E-state index contributed by atoms with van der Waals surface area (Å²) >= 11 is 1.66. The molecule has 0 aromatic carbocycles. The smallest absolute Gasteiger partial charge is 0.0795 e. The highest BCUT2D eigenvalue weighted by Gasteiger charge is 2.32. The second-order valence-electron chi connectivity index (χ2n) is 4.50. The molecule has 4 heteroatoms. The highest BCUT2D eigenvalue weighted by molar-refractivity contribution is 7.07. The first-order chi connectivity index (χ1) is 7.20. The average Bonchev–Trinajstić information content (AvgIpc) is 2.70. The van der Waals surface area contributed by atoms with E-state index in [-0.39, 0.29) is 6.04 Å². The molecule has 0 radical (unpaired) electrons. The number of hydrogen-bond acceptors (Lipinski definition) is 4. The molecule has 1 aromatic heterocycles. The van der Waals surface area contributed by atoms with Gasteiger partial charge >= 0.3 is 0 Å². The van der Waals surface area contributed by atoms with Gasteiger partial charge in [-0.2, -0.15) is 0 Å². The van der Waals surface area contributed by atoms with E-state index in [0.717, 1.165) is 18.7 Å². The molecule has 0 aliphatic carbocycles. The van der Waals surface area contributed by atoms with E-state index in [1.807, 2.05) is 5.51 Å². The van der Waals surface area contributed by atoms with Gasteiger partial charge in [0.2, 0.25) is 0 Å². The zero-order chi connectivity index (χ0) is 10.8. The average molecular weight is 225 g/mol. The van der Waals surface area contributed by atoms with E-state index in [1.165, 1.54) is 6.42 Å². The molecule has 2 N–H and O–H groups in total. The van der Waals surface area contributed by atoms with Crippen LogP contribution < -0.4 is 5.73 Å². The zero-order valence-corrected chi connectivity index (χ0v) is 10.2. The summed E-state index contributed by atoms with van der Waals surface area (Å²) in [5.41, 5.74) is 9.27. The minimum atomic E-state index is 0.239. The molecule has 0 spiro atoms. The van der Waals surface area contributed by atoms with Crippen LogP contribution in [-0.4, -0.2) is 28.5 Å². The Morgan fingerprint density at radius 2 is 2.40 bits per heavy atom. The van der Waals surface area contributed by atoms with Gasteiger partial charge in [0.05, 0.1) is 17.2 Å². The van der Waals surface area contributed by atoms with Gasteiger partial charge in [-0.25, -0.2) is 4.98 Å². The first kappa shape index (κ1) is 11.0. The van der Waals surface area contributed by atoms with Gasteiger partial charge in [-0.1, -0.05) is 0 Å². The van der Waals surface area contributed by atoms with Gasteiger partial charge in [0.15, 0.2) is 0 Å². The highest BCUT2D eigenvalue weighted by Crippen LogP contribution is 2.31. The molecule has 1 aromatic rings. The summed E-state index contributed by atoms with van der Waals surface area (Å²) in [7, 11) is 0. The number of likely N-dealkylation sites (tertiary alicyclic amines) is 1. The van der Waals surface area contributed by atoms with Crippen LogP contribution in [0.1, 0.15) is 38.4 Å². The van der Waals surface area contributed by atoms with Crippen LogP contribution in [0.5, 0.6) is 0 Å². The van der Waals surface area contributed by atoms with E-state index in [4.69, 9.17) is 5.73 Å². The molecule has 2 unspecified atom stereocenters. The maximum Gasteiger partial charge on any atom is 0.0795 e. The molecule has 1 saturated heterocycles. The number of piperidine rings is 1. The van der Waals surface area contributed by atoms with E-state index in [9.17, 15) is 0 Å². The summed E-state index contributed by atoms with van der Waals surface area (Å²) in [6, 6.07) is 1.11. The van der Waals surface area contributed by atoms with Crippen LogP contribution in [0, 0.1) is 0 Å². The molecule has 15 heavy (non-hydrogen) atoms. The van der Waals surface area contributed by atoms with Crippen molar-refractivity contribution in [1.29, 1.82) is 0 Å². The summed E-state index contributed by atoms with van der Waals surface area (Å²) in [5, 5.41) is 2.13. The molecule has 0 saturated carbocycles. The van der Waals surface area contributed by atoms with E-state index in [1.54, 1.807) is 11.3 Å². The van der Waals surface area contributed by atoms with Gasteiger partial charge in [-0.15, -0.1) is 11.3 Å². The van der Waals surface area contributed by atoms with Crippen LogP contribution in [0.2, 0.25) is 0 Å². The third kappa shape index (κ3) is 2.22. The standard InChI is InChI=1S/C11H19N3S/c1-8(2)14-5-3-4-9(12)11(14)10-6-15-7-13-10/h6-9,11H,3-5,12H2,1-2H3. The van der Waals surface area contributed by atoms with Crippen molar-refractivity contribution in [3.63, 3.8) is 0 Å². The highest BCUT2D eigenvalue weighted by atomic mass is 32.1.